The van der Waals surface area contributed by atoms with Crippen LogP contribution >= 0.6 is 0 Å². The van der Waals surface area contributed by atoms with E-state index in [0.717, 1.165) is 19.3 Å². The third-order valence-corrected chi connectivity index (χ3v) is 3.60. The van der Waals surface area contributed by atoms with Crippen molar-refractivity contribution >= 4 is 5.97 Å². The Morgan fingerprint density at radius 1 is 1.29 bits per heavy atom. The summed E-state index contributed by atoms with van der Waals surface area (Å²) in [4.78, 5) is 12.1. The maximum atomic E-state index is 12.1. The standard InChI is InChI=1S/C13H23NO3/c1-3-16-11-7-8-13(9-11,12(15)17-4-2)14-10-5-6-10/h10-11,14H,3-9H2,1-2H3. The normalized spacial score (nSPS) is 32.7. The predicted molar refractivity (Wildman–Crippen MR) is 64.8 cm³/mol. The second kappa shape index (κ2) is 5.36. The summed E-state index contributed by atoms with van der Waals surface area (Å²) in [6.07, 6.45) is 5.12. The molecule has 2 saturated carbocycles. The van der Waals surface area contributed by atoms with Gasteiger partial charge in [-0.1, -0.05) is 0 Å². The monoisotopic (exact) mass is 241 g/mol. The Bertz CT molecular complexity index is 278. The quantitative estimate of drug-likeness (QED) is 0.718. The third kappa shape index (κ3) is 2.99. The zero-order chi connectivity index (χ0) is 12.3. The lowest BCUT2D eigenvalue weighted by Crippen LogP contribution is -2.52. The van der Waals surface area contributed by atoms with E-state index in [1.807, 2.05) is 13.8 Å². The summed E-state index contributed by atoms with van der Waals surface area (Å²) in [5, 5.41) is 3.48. The summed E-state index contributed by atoms with van der Waals surface area (Å²) in [5.41, 5.74) is -0.475. The molecule has 4 heteroatoms. The molecule has 17 heavy (non-hydrogen) atoms. The molecule has 2 unspecified atom stereocenters. The van der Waals surface area contributed by atoms with E-state index in [4.69, 9.17) is 9.47 Å². The van der Waals surface area contributed by atoms with E-state index in [0.29, 0.717) is 19.3 Å². The summed E-state index contributed by atoms with van der Waals surface area (Å²) in [6.45, 7) is 5.02. The fourth-order valence-corrected chi connectivity index (χ4v) is 2.64. The molecule has 0 aromatic rings. The van der Waals surface area contributed by atoms with Gasteiger partial charge in [-0.05, 0) is 39.5 Å². The molecule has 4 nitrogen and oxygen atoms in total. The highest BCUT2D eigenvalue weighted by Gasteiger charge is 2.49. The van der Waals surface area contributed by atoms with Crippen LogP contribution in [0.1, 0.15) is 46.0 Å². The molecule has 98 valence electrons. The summed E-state index contributed by atoms with van der Waals surface area (Å²) in [7, 11) is 0. The van der Waals surface area contributed by atoms with Gasteiger partial charge in [0.05, 0.1) is 12.7 Å². The average molecular weight is 241 g/mol. The fourth-order valence-electron chi connectivity index (χ4n) is 2.64. The van der Waals surface area contributed by atoms with E-state index in [9.17, 15) is 4.79 Å². The van der Waals surface area contributed by atoms with Crippen molar-refractivity contribution in [3.63, 3.8) is 0 Å². The van der Waals surface area contributed by atoms with E-state index < -0.39 is 5.54 Å². The highest BCUT2D eigenvalue weighted by Crippen LogP contribution is 2.36. The first kappa shape index (κ1) is 12.8. The van der Waals surface area contributed by atoms with Gasteiger partial charge in [-0.3, -0.25) is 10.1 Å². The first-order valence-electron chi connectivity index (χ1n) is 6.76. The van der Waals surface area contributed by atoms with Crippen molar-refractivity contribution in [1.82, 2.24) is 5.32 Å². The summed E-state index contributed by atoms with van der Waals surface area (Å²) in [5.74, 6) is -0.0888. The Morgan fingerprint density at radius 2 is 2.06 bits per heavy atom. The molecule has 2 aliphatic carbocycles. The number of hydrogen-bond donors (Lipinski definition) is 1. The van der Waals surface area contributed by atoms with Crippen LogP contribution in [0.25, 0.3) is 0 Å². The van der Waals surface area contributed by atoms with Crippen molar-refractivity contribution in [3.8, 4) is 0 Å². The highest BCUT2D eigenvalue weighted by atomic mass is 16.5. The van der Waals surface area contributed by atoms with Gasteiger partial charge in [-0.25, -0.2) is 0 Å². The minimum Gasteiger partial charge on any atom is -0.465 e. The highest BCUT2D eigenvalue weighted by molar-refractivity contribution is 5.81. The zero-order valence-corrected chi connectivity index (χ0v) is 10.8. The molecule has 0 bridgehead atoms. The van der Waals surface area contributed by atoms with Gasteiger partial charge in [0, 0.05) is 19.1 Å². The van der Waals surface area contributed by atoms with E-state index >= 15 is 0 Å². The minimum atomic E-state index is -0.475. The first-order chi connectivity index (χ1) is 8.20. The van der Waals surface area contributed by atoms with Crippen molar-refractivity contribution in [2.75, 3.05) is 13.2 Å². The van der Waals surface area contributed by atoms with Gasteiger partial charge >= 0.3 is 5.97 Å². The molecule has 2 fully saturated rings. The van der Waals surface area contributed by atoms with Crippen LogP contribution in [0.5, 0.6) is 0 Å². The lowest BCUT2D eigenvalue weighted by Gasteiger charge is -2.28. The number of hydrogen-bond acceptors (Lipinski definition) is 4. The molecule has 2 rings (SSSR count). The third-order valence-electron chi connectivity index (χ3n) is 3.60. The van der Waals surface area contributed by atoms with Gasteiger partial charge < -0.3 is 9.47 Å². The second-order valence-electron chi connectivity index (χ2n) is 5.04. The molecular formula is C13H23NO3. The Hall–Kier alpha value is -0.610. The SMILES string of the molecule is CCOC(=O)C1(NC2CC2)CCC(OCC)C1. The van der Waals surface area contributed by atoms with Crippen LogP contribution in [0.3, 0.4) is 0 Å². The fraction of sp³-hybridized carbons (Fsp3) is 0.923. The molecule has 2 aliphatic rings. The molecule has 0 aromatic carbocycles. The van der Waals surface area contributed by atoms with Crippen LogP contribution in [-0.4, -0.2) is 36.9 Å². The predicted octanol–water partition coefficient (Wildman–Crippen LogP) is 1.63. The molecule has 1 N–H and O–H groups in total. The number of carbonyl (C=O) groups is 1. The number of esters is 1. The van der Waals surface area contributed by atoms with Crippen LogP contribution in [-0.2, 0) is 14.3 Å². The largest absolute Gasteiger partial charge is 0.465 e. The van der Waals surface area contributed by atoms with Crippen LogP contribution in [0.15, 0.2) is 0 Å². The van der Waals surface area contributed by atoms with E-state index in [1.54, 1.807) is 0 Å². The van der Waals surface area contributed by atoms with Crippen molar-refractivity contribution in [1.29, 1.82) is 0 Å². The maximum absolute atomic E-state index is 12.1. The van der Waals surface area contributed by atoms with Crippen molar-refractivity contribution in [2.24, 2.45) is 0 Å². The van der Waals surface area contributed by atoms with Crippen molar-refractivity contribution < 1.29 is 14.3 Å². The molecule has 0 aromatic heterocycles. The summed E-state index contributed by atoms with van der Waals surface area (Å²) >= 11 is 0. The van der Waals surface area contributed by atoms with E-state index in [-0.39, 0.29) is 12.1 Å². The van der Waals surface area contributed by atoms with E-state index in [2.05, 4.69) is 5.32 Å². The van der Waals surface area contributed by atoms with Crippen molar-refractivity contribution in [3.05, 3.63) is 0 Å². The minimum absolute atomic E-state index is 0.0888. The van der Waals surface area contributed by atoms with Gasteiger partial charge in [0.25, 0.3) is 0 Å². The number of carbonyl (C=O) groups excluding carboxylic acids is 1. The smallest absolute Gasteiger partial charge is 0.326 e. The van der Waals surface area contributed by atoms with Gasteiger partial charge in [0.1, 0.15) is 5.54 Å². The van der Waals surface area contributed by atoms with Crippen LogP contribution in [0.2, 0.25) is 0 Å². The van der Waals surface area contributed by atoms with Gasteiger partial charge in [-0.2, -0.15) is 0 Å². The maximum Gasteiger partial charge on any atom is 0.326 e. The summed E-state index contributed by atoms with van der Waals surface area (Å²) in [6, 6.07) is 0.514. The Morgan fingerprint density at radius 3 is 2.65 bits per heavy atom. The van der Waals surface area contributed by atoms with Gasteiger partial charge in [0.2, 0.25) is 0 Å². The molecule has 0 aliphatic heterocycles. The lowest BCUT2D eigenvalue weighted by atomic mass is 9.97. The molecule has 0 spiro atoms. The Labute approximate surface area is 103 Å². The Kier molecular flexibility index (Phi) is 4.05. The second-order valence-corrected chi connectivity index (χ2v) is 5.04. The van der Waals surface area contributed by atoms with E-state index in [1.165, 1.54) is 12.8 Å². The molecule has 0 radical (unpaired) electrons. The van der Waals surface area contributed by atoms with Crippen LogP contribution in [0.4, 0.5) is 0 Å². The van der Waals surface area contributed by atoms with Crippen LogP contribution < -0.4 is 5.32 Å². The topological polar surface area (TPSA) is 47.6 Å². The molecule has 0 amide bonds. The zero-order valence-electron chi connectivity index (χ0n) is 10.8. The first-order valence-corrected chi connectivity index (χ1v) is 6.76. The molecule has 0 saturated heterocycles. The summed E-state index contributed by atoms with van der Waals surface area (Å²) < 4.78 is 10.9. The lowest BCUT2D eigenvalue weighted by molar-refractivity contribution is -0.151. The molecular weight excluding hydrogens is 218 g/mol. The van der Waals surface area contributed by atoms with Gasteiger partial charge in [-0.15, -0.1) is 0 Å². The number of nitrogens with one attached hydrogen (secondary N) is 1. The average Bonchev–Trinajstić information content (AvgIpc) is 3.00. The Balaban J connectivity index is 2.00. The number of rotatable bonds is 6. The van der Waals surface area contributed by atoms with Crippen LogP contribution in [0, 0.1) is 0 Å². The molecule has 0 heterocycles. The van der Waals surface area contributed by atoms with Crippen molar-refractivity contribution in [2.45, 2.75) is 63.6 Å². The molecule has 2 atom stereocenters. The van der Waals surface area contributed by atoms with Gasteiger partial charge in [0.15, 0.2) is 0 Å². The number of ether oxygens (including phenoxy) is 2.